The summed E-state index contributed by atoms with van der Waals surface area (Å²) in [4.78, 5) is 10.6. The largest absolute Gasteiger partial charge is 0.477 e. The van der Waals surface area contributed by atoms with Gasteiger partial charge >= 0.3 is 5.97 Å². The average molecular weight is 222 g/mol. The highest BCUT2D eigenvalue weighted by Crippen LogP contribution is 2.29. The van der Waals surface area contributed by atoms with Gasteiger partial charge in [-0.05, 0) is 6.42 Å². The van der Waals surface area contributed by atoms with E-state index in [-0.39, 0.29) is 13.0 Å². The van der Waals surface area contributed by atoms with Crippen molar-refractivity contribution < 1.29 is 35.1 Å². The van der Waals surface area contributed by atoms with Crippen LogP contribution in [-0.4, -0.2) is 62.2 Å². The first-order valence-corrected chi connectivity index (χ1v) is 4.51. The first-order valence-electron chi connectivity index (χ1n) is 4.51. The summed E-state index contributed by atoms with van der Waals surface area (Å²) in [5.74, 6) is -4.13. The normalized spacial score (nSPS) is 41.5. The lowest BCUT2D eigenvalue weighted by atomic mass is 9.94. The van der Waals surface area contributed by atoms with E-state index in [9.17, 15) is 20.1 Å². The molecule has 15 heavy (non-hydrogen) atoms. The number of ether oxygens (including phenoxy) is 1. The smallest absolute Gasteiger partial charge is 0.364 e. The Labute approximate surface area is 85.5 Å². The summed E-state index contributed by atoms with van der Waals surface area (Å²) in [7, 11) is 0. The summed E-state index contributed by atoms with van der Waals surface area (Å²) in [6.07, 6.45) is -4.47. The van der Waals surface area contributed by atoms with Crippen molar-refractivity contribution in [3.63, 3.8) is 0 Å². The van der Waals surface area contributed by atoms with Crippen molar-refractivity contribution in [3.05, 3.63) is 0 Å². The van der Waals surface area contributed by atoms with Crippen molar-refractivity contribution in [1.82, 2.24) is 0 Å². The Balaban J connectivity index is 2.78. The Hall–Kier alpha value is -0.730. The fourth-order valence-corrected chi connectivity index (χ4v) is 1.51. The second-order valence-corrected chi connectivity index (χ2v) is 3.52. The molecule has 0 aliphatic carbocycles. The summed E-state index contributed by atoms with van der Waals surface area (Å²) in [5, 5.41) is 45.5. The number of carbonyl (C=O) groups is 1. The number of hydrogen-bond acceptors (Lipinski definition) is 6. The summed E-state index contributed by atoms with van der Waals surface area (Å²) in [5.41, 5.74) is 0. The molecule has 0 amide bonds. The maximum Gasteiger partial charge on any atom is 0.364 e. The molecule has 0 saturated carbocycles. The van der Waals surface area contributed by atoms with Gasteiger partial charge in [-0.2, -0.15) is 0 Å². The number of aliphatic hydroxyl groups is 4. The molecule has 1 heterocycles. The predicted molar refractivity (Wildman–Crippen MR) is 45.8 cm³/mol. The van der Waals surface area contributed by atoms with Gasteiger partial charge in [-0.3, -0.25) is 0 Å². The van der Waals surface area contributed by atoms with E-state index < -0.39 is 36.5 Å². The van der Waals surface area contributed by atoms with Crippen LogP contribution in [0.15, 0.2) is 0 Å². The Morgan fingerprint density at radius 3 is 2.53 bits per heavy atom. The Morgan fingerprint density at radius 1 is 1.47 bits per heavy atom. The van der Waals surface area contributed by atoms with Gasteiger partial charge in [0.1, 0.15) is 6.10 Å². The van der Waals surface area contributed by atoms with Crippen LogP contribution in [0.25, 0.3) is 0 Å². The van der Waals surface area contributed by atoms with Gasteiger partial charge in [-0.1, -0.05) is 0 Å². The van der Waals surface area contributed by atoms with Crippen molar-refractivity contribution in [2.75, 3.05) is 6.61 Å². The van der Waals surface area contributed by atoms with Gasteiger partial charge in [-0.25, -0.2) is 4.79 Å². The fourth-order valence-electron chi connectivity index (χ4n) is 1.51. The van der Waals surface area contributed by atoms with Gasteiger partial charge in [-0.15, -0.1) is 0 Å². The van der Waals surface area contributed by atoms with Crippen LogP contribution in [0.1, 0.15) is 12.8 Å². The molecule has 5 N–H and O–H groups in total. The number of rotatable bonds is 3. The number of hydrogen-bond donors (Lipinski definition) is 5. The number of carboxylic acid groups (broad SMARTS) is 1. The van der Waals surface area contributed by atoms with Crippen molar-refractivity contribution in [1.29, 1.82) is 0 Å². The average Bonchev–Trinajstić information content (AvgIpc) is 2.14. The molecule has 1 rings (SSSR count). The van der Waals surface area contributed by atoms with E-state index in [1.165, 1.54) is 0 Å². The van der Waals surface area contributed by atoms with Crippen molar-refractivity contribution >= 4 is 5.97 Å². The zero-order valence-corrected chi connectivity index (χ0v) is 7.91. The van der Waals surface area contributed by atoms with Gasteiger partial charge in [0.2, 0.25) is 0 Å². The number of aliphatic hydroxyl groups excluding tert-OH is 3. The molecule has 1 unspecified atom stereocenters. The quantitative estimate of drug-likeness (QED) is 0.362. The molecule has 0 aromatic heterocycles. The molecular weight excluding hydrogens is 208 g/mol. The number of carboxylic acids is 1. The third-order valence-electron chi connectivity index (χ3n) is 2.36. The Morgan fingerprint density at radius 2 is 2.07 bits per heavy atom. The monoisotopic (exact) mass is 222 g/mol. The van der Waals surface area contributed by atoms with Crippen LogP contribution in [0.4, 0.5) is 0 Å². The molecule has 7 heteroatoms. The van der Waals surface area contributed by atoms with Gasteiger partial charge in [0, 0.05) is 13.0 Å². The minimum Gasteiger partial charge on any atom is -0.477 e. The zero-order valence-electron chi connectivity index (χ0n) is 7.91. The lowest BCUT2D eigenvalue weighted by molar-refractivity contribution is -0.295. The van der Waals surface area contributed by atoms with Crippen LogP contribution in [-0.2, 0) is 9.53 Å². The van der Waals surface area contributed by atoms with Crippen molar-refractivity contribution in [3.8, 4) is 0 Å². The Kier molecular flexibility index (Phi) is 3.63. The van der Waals surface area contributed by atoms with Crippen LogP contribution < -0.4 is 0 Å². The molecule has 7 nitrogen and oxygen atoms in total. The second kappa shape index (κ2) is 4.42. The topological polar surface area (TPSA) is 127 Å². The van der Waals surface area contributed by atoms with Crippen LogP contribution in [0.5, 0.6) is 0 Å². The highest BCUT2D eigenvalue weighted by molar-refractivity contribution is 5.75. The van der Waals surface area contributed by atoms with Gasteiger partial charge in [0.05, 0.1) is 12.2 Å². The Bertz CT molecular complexity index is 243. The van der Waals surface area contributed by atoms with E-state index in [2.05, 4.69) is 0 Å². The summed E-state index contributed by atoms with van der Waals surface area (Å²) < 4.78 is 4.74. The third kappa shape index (κ3) is 2.44. The van der Waals surface area contributed by atoms with E-state index in [1.54, 1.807) is 0 Å². The minimum absolute atomic E-state index is 0.0617. The molecule has 0 aromatic carbocycles. The molecule has 0 bridgehead atoms. The summed E-state index contributed by atoms with van der Waals surface area (Å²) in [6.45, 7) is -0.343. The number of aliphatic carboxylic acids is 1. The second-order valence-electron chi connectivity index (χ2n) is 3.52. The van der Waals surface area contributed by atoms with Crippen LogP contribution in [0.3, 0.4) is 0 Å². The molecule has 4 atom stereocenters. The van der Waals surface area contributed by atoms with E-state index in [4.69, 9.17) is 14.9 Å². The van der Waals surface area contributed by atoms with E-state index in [0.717, 1.165) is 0 Å². The highest BCUT2D eigenvalue weighted by atomic mass is 16.7. The molecule has 1 aliphatic heterocycles. The molecule has 1 fully saturated rings. The van der Waals surface area contributed by atoms with Crippen LogP contribution in [0.2, 0.25) is 0 Å². The molecule has 1 saturated heterocycles. The van der Waals surface area contributed by atoms with Gasteiger partial charge in [0.15, 0.2) is 0 Å². The first-order chi connectivity index (χ1) is 6.90. The molecular formula is C8H14O7. The standard InChI is InChI=1S/C8H14O7/c9-2-1-5-6(11)4(10)3-8(14,15-5)7(12)13/h4-6,9-11,14H,1-3H2,(H,12,13)/t4-,5?,6+,8-/m1/s1. The third-order valence-corrected chi connectivity index (χ3v) is 2.36. The van der Waals surface area contributed by atoms with Crippen LogP contribution in [0, 0.1) is 0 Å². The highest BCUT2D eigenvalue weighted by Gasteiger charge is 2.49. The molecule has 0 aromatic rings. The minimum atomic E-state index is -2.50. The molecule has 88 valence electrons. The first kappa shape index (κ1) is 12.3. The van der Waals surface area contributed by atoms with Gasteiger partial charge < -0.3 is 30.3 Å². The van der Waals surface area contributed by atoms with Gasteiger partial charge in [0.25, 0.3) is 5.79 Å². The fraction of sp³-hybridized carbons (Fsp3) is 0.875. The molecule has 0 radical (unpaired) electrons. The van der Waals surface area contributed by atoms with Crippen molar-refractivity contribution in [2.24, 2.45) is 0 Å². The molecule has 0 spiro atoms. The predicted octanol–water partition coefficient (Wildman–Crippen LogP) is -2.35. The zero-order chi connectivity index (χ0) is 11.6. The lowest BCUT2D eigenvalue weighted by Gasteiger charge is -2.39. The van der Waals surface area contributed by atoms with E-state index in [1.807, 2.05) is 0 Å². The summed E-state index contributed by atoms with van der Waals surface area (Å²) in [6, 6.07) is 0. The summed E-state index contributed by atoms with van der Waals surface area (Å²) >= 11 is 0. The van der Waals surface area contributed by atoms with E-state index >= 15 is 0 Å². The molecule has 1 aliphatic rings. The lowest BCUT2D eigenvalue weighted by Crippen LogP contribution is -2.58. The van der Waals surface area contributed by atoms with Crippen molar-refractivity contribution in [2.45, 2.75) is 36.9 Å². The SMILES string of the molecule is O=C(O)[C@@]1(O)C[C@@H](O)[C@H](O)C(CCO)O1. The maximum atomic E-state index is 10.6. The maximum absolute atomic E-state index is 10.6. The van der Waals surface area contributed by atoms with E-state index in [0.29, 0.717) is 0 Å². The van der Waals surface area contributed by atoms with Crippen LogP contribution >= 0.6 is 0 Å².